The number of hydrogen-bond acceptors (Lipinski definition) is 2. The van der Waals surface area contributed by atoms with Crippen LogP contribution in [0.4, 0.5) is 5.69 Å². The first-order chi connectivity index (χ1) is 8.79. The van der Waals surface area contributed by atoms with E-state index in [1.807, 2.05) is 24.3 Å². The molecule has 0 spiro atoms. The molecule has 3 nitrogen and oxygen atoms in total. The molecule has 2 unspecified atom stereocenters. The van der Waals surface area contributed by atoms with E-state index < -0.39 is 0 Å². The molecule has 2 aliphatic rings. The molecule has 0 bridgehead atoms. The lowest BCUT2D eigenvalue weighted by Crippen LogP contribution is -2.15. The Morgan fingerprint density at radius 1 is 1.17 bits per heavy atom. The number of fused-ring (bicyclic) bond motifs is 1. The molecule has 0 radical (unpaired) electrons. The van der Waals surface area contributed by atoms with E-state index in [4.69, 9.17) is 5.73 Å². The van der Waals surface area contributed by atoms with Crippen LogP contribution in [0.25, 0.3) is 0 Å². The molecule has 1 amide bonds. The summed E-state index contributed by atoms with van der Waals surface area (Å²) in [6.07, 6.45) is 5.09. The first-order valence-electron chi connectivity index (χ1n) is 6.89. The van der Waals surface area contributed by atoms with Crippen molar-refractivity contribution in [3.8, 4) is 0 Å². The predicted molar refractivity (Wildman–Crippen MR) is 71.9 cm³/mol. The van der Waals surface area contributed by atoms with Gasteiger partial charge in [-0.25, -0.2) is 0 Å². The monoisotopic (exact) mass is 244 g/mol. The summed E-state index contributed by atoms with van der Waals surface area (Å²) >= 11 is 0. The first kappa shape index (κ1) is 11.7. The highest BCUT2D eigenvalue weighted by Gasteiger charge is 2.54. The van der Waals surface area contributed by atoms with Gasteiger partial charge in [-0.2, -0.15) is 0 Å². The normalized spacial score (nSPS) is 29.5. The number of nitrogens with one attached hydrogen (secondary N) is 1. The number of carbonyl (C=O) groups is 1. The van der Waals surface area contributed by atoms with Gasteiger partial charge in [0.1, 0.15) is 0 Å². The Hall–Kier alpha value is -1.35. The highest BCUT2D eigenvalue weighted by molar-refractivity contribution is 5.94. The van der Waals surface area contributed by atoms with Gasteiger partial charge in [0, 0.05) is 18.2 Å². The quantitative estimate of drug-likeness (QED) is 0.858. The molecule has 1 aromatic carbocycles. The summed E-state index contributed by atoms with van der Waals surface area (Å²) in [6, 6.07) is 7.81. The van der Waals surface area contributed by atoms with E-state index >= 15 is 0 Å². The van der Waals surface area contributed by atoms with Crippen LogP contribution >= 0.6 is 0 Å². The lowest BCUT2D eigenvalue weighted by atomic mass is 10.0. The minimum atomic E-state index is 0.215. The molecule has 0 heterocycles. The molecule has 96 valence electrons. The number of rotatable bonds is 3. The zero-order valence-corrected chi connectivity index (χ0v) is 10.6. The summed E-state index contributed by atoms with van der Waals surface area (Å²) in [5.74, 6) is 1.83. The molecule has 3 rings (SSSR count). The second kappa shape index (κ2) is 4.73. The van der Waals surface area contributed by atoms with Gasteiger partial charge in [0.25, 0.3) is 0 Å². The minimum absolute atomic E-state index is 0.215. The number of carbonyl (C=O) groups excluding carboxylic acids is 1. The fourth-order valence-corrected chi connectivity index (χ4v) is 3.33. The van der Waals surface area contributed by atoms with Crippen LogP contribution in [0.2, 0.25) is 0 Å². The number of anilines is 1. The third-order valence-corrected chi connectivity index (χ3v) is 4.42. The number of hydrogen-bond donors (Lipinski definition) is 2. The standard InChI is InChI=1S/C15H20N2O/c16-9-10-5-7-11(8-6-10)17-15(18)14-12-3-1-2-4-13(12)14/h5-8,12-14H,1-4,9,16H2,(H,17,18). The van der Waals surface area contributed by atoms with Crippen molar-refractivity contribution in [1.29, 1.82) is 0 Å². The van der Waals surface area contributed by atoms with Gasteiger partial charge in [0.15, 0.2) is 0 Å². The molecule has 0 aromatic heterocycles. The topological polar surface area (TPSA) is 55.1 Å². The fourth-order valence-electron chi connectivity index (χ4n) is 3.33. The van der Waals surface area contributed by atoms with E-state index in [0.29, 0.717) is 18.4 Å². The summed E-state index contributed by atoms with van der Waals surface area (Å²) in [7, 11) is 0. The molecular weight excluding hydrogens is 224 g/mol. The van der Waals surface area contributed by atoms with E-state index in [0.717, 1.165) is 11.3 Å². The predicted octanol–water partition coefficient (Wildman–Crippen LogP) is 2.52. The van der Waals surface area contributed by atoms with Crippen molar-refractivity contribution in [1.82, 2.24) is 0 Å². The SMILES string of the molecule is NCc1ccc(NC(=O)C2C3CCCCC32)cc1. The van der Waals surface area contributed by atoms with Gasteiger partial charge >= 0.3 is 0 Å². The van der Waals surface area contributed by atoms with E-state index in [9.17, 15) is 4.79 Å². The zero-order chi connectivity index (χ0) is 12.5. The third-order valence-electron chi connectivity index (χ3n) is 4.42. The number of amides is 1. The molecule has 0 saturated heterocycles. The number of benzene rings is 1. The molecular formula is C15H20N2O. The van der Waals surface area contributed by atoms with Crippen molar-refractivity contribution < 1.29 is 4.79 Å². The van der Waals surface area contributed by atoms with Gasteiger partial charge in [-0.1, -0.05) is 25.0 Å². The minimum Gasteiger partial charge on any atom is -0.326 e. The average molecular weight is 244 g/mol. The van der Waals surface area contributed by atoms with E-state index in [2.05, 4.69) is 5.32 Å². The molecule has 2 fully saturated rings. The van der Waals surface area contributed by atoms with Crippen LogP contribution in [-0.4, -0.2) is 5.91 Å². The summed E-state index contributed by atoms with van der Waals surface area (Å²) in [6.45, 7) is 0.543. The van der Waals surface area contributed by atoms with Crippen LogP contribution in [-0.2, 0) is 11.3 Å². The molecule has 0 aliphatic heterocycles. The van der Waals surface area contributed by atoms with Crippen LogP contribution < -0.4 is 11.1 Å². The molecule has 3 heteroatoms. The van der Waals surface area contributed by atoms with Gasteiger partial charge in [-0.15, -0.1) is 0 Å². The summed E-state index contributed by atoms with van der Waals surface area (Å²) < 4.78 is 0. The second-order valence-electron chi connectivity index (χ2n) is 5.53. The van der Waals surface area contributed by atoms with Gasteiger partial charge in [-0.3, -0.25) is 4.79 Å². The Kier molecular flexibility index (Phi) is 3.08. The summed E-state index contributed by atoms with van der Waals surface area (Å²) in [5, 5.41) is 3.03. The lowest BCUT2D eigenvalue weighted by molar-refractivity contribution is -0.117. The van der Waals surface area contributed by atoms with Crippen molar-refractivity contribution in [3.63, 3.8) is 0 Å². The summed E-state index contributed by atoms with van der Waals surface area (Å²) in [5.41, 5.74) is 7.53. The van der Waals surface area contributed by atoms with Crippen molar-refractivity contribution in [2.75, 3.05) is 5.32 Å². The molecule has 2 saturated carbocycles. The molecule has 2 aliphatic carbocycles. The van der Waals surface area contributed by atoms with Crippen molar-refractivity contribution in [2.45, 2.75) is 32.2 Å². The van der Waals surface area contributed by atoms with E-state index in [1.54, 1.807) is 0 Å². The van der Waals surface area contributed by atoms with Gasteiger partial charge in [0.05, 0.1) is 0 Å². The Labute approximate surface area is 108 Å². The van der Waals surface area contributed by atoms with E-state index in [1.165, 1.54) is 25.7 Å². The Morgan fingerprint density at radius 2 is 1.78 bits per heavy atom. The molecule has 3 N–H and O–H groups in total. The summed E-state index contributed by atoms with van der Waals surface area (Å²) in [4.78, 5) is 12.2. The van der Waals surface area contributed by atoms with Crippen LogP contribution in [0.1, 0.15) is 31.2 Å². The van der Waals surface area contributed by atoms with Crippen molar-refractivity contribution in [3.05, 3.63) is 29.8 Å². The second-order valence-corrected chi connectivity index (χ2v) is 5.53. The molecule has 18 heavy (non-hydrogen) atoms. The maximum absolute atomic E-state index is 12.2. The average Bonchev–Trinajstić information content (AvgIpc) is 3.14. The van der Waals surface area contributed by atoms with Crippen LogP contribution in [0, 0.1) is 17.8 Å². The van der Waals surface area contributed by atoms with Gasteiger partial charge in [0.2, 0.25) is 5.91 Å². The van der Waals surface area contributed by atoms with Crippen LogP contribution in [0.3, 0.4) is 0 Å². The van der Waals surface area contributed by atoms with Crippen LogP contribution in [0.5, 0.6) is 0 Å². The Bertz CT molecular complexity index is 428. The number of nitrogens with two attached hydrogens (primary N) is 1. The maximum Gasteiger partial charge on any atom is 0.228 e. The van der Waals surface area contributed by atoms with E-state index in [-0.39, 0.29) is 11.8 Å². The fraction of sp³-hybridized carbons (Fsp3) is 0.533. The maximum atomic E-state index is 12.2. The lowest BCUT2D eigenvalue weighted by Gasteiger charge is -2.05. The van der Waals surface area contributed by atoms with Crippen molar-refractivity contribution >= 4 is 11.6 Å². The zero-order valence-electron chi connectivity index (χ0n) is 10.6. The Balaban J connectivity index is 1.60. The largest absolute Gasteiger partial charge is 0.326 e. The van der Waals surface area contributed by atoms with Gasteiger partial charge in [-0.05, 0) is 42.4 Å². The van der Waals surface area contributed by atoms with Crippen LogP contribution in [0.15, 0.2) is 24.3 Å². The molecule has 1 aromatic rings. The third kappa shape index (κ3) is 2.15. The highest BCUT2D eigenvalue weighted by Crippen LogP contribution is 2.55. The highest BCUT2D eigenvalue weighted by atomic mass is 16.2. The Morgan fingerprint density at radius 3 is 2.33 bits per heavy atom. The first-order valence-corrected chi connectivity index (χ1v) is 6.89. The van der Waals surface area contributed by atoms with Crippen molar-refractivity contribution in [2.24, 2.45) is 23.5 Å². The molecule has 2 atom stereocenters. The smallest absolute Gasteiger partial charge is 0.228 e. The van der Waals surface area contributed by atoms with Gasteiger partial charge < -0.3 is 11.1 Å².